The average molecular weight is 251 g/mol. The van der Waals surface area contributed by atoms with E-state index in [1.165, 1.54) is 30.8 Å². The monoisotopic (exact) mass is 251 g/mol. The molecule has 2 nitrogen and oxygen atoms in total. The third kappa shape index (κ3) is 4.49. The number of anilines is 1. The first kappa shape index (κ1) is 13.6. The highest BCUT2D eigenvalue weighted by Crippen LogP contribution is 2.17. The van der Waals surface area contributed by atoms with Gasteiger partial charge in [0.15, 0.2) is 5.12 Å². The summed E-state index contributed by atoms with van der Waals surface area (Å²) in [7, 11) is 0. The molecule has 17 heavy (non-hydrogen) atoms. The summed E-state index contributed by atoms with van der Waals surface area (Å²) >= 11 is 1.23. The Hall–Kier alpha value is -1.47. The number of nitrogens with two attached hydrogens (primary N) is 1. The summed E-state index contributed by atoms with van der Waals surface area (Å²) in [6.07, 6.45) is 0.583. The fourth-order valence-corrected chi connectivity index (χ4v) is 1.75. The van der Waals surface area contributed by atoms with Gasteiger partial charge in [0.1, 0.15) is 5.82 Å². The van der Waals surface area contributed by atoms with E-state index in [9.17, 15) is 9.18 Å². The van der Waals surface area contributed by atoms with Crippen molar-refractivity contribution in [3.63, 3.8) is 0 Å². The van der Waals surface area contributed by atoms with Crippen molar-refractivity contribution in [2.24, 2.45) is 0 Å². The average Bonchev–Trinajstić information content (AvgIpc) is 2.23. The van der Waals surface area contributed by atoms with Gasteiger partial charge in [0, 0.05) is 19.1 Å². The van der Waals surface area contributed by atoms with Crippen molar-refractivity contribution in [3.8, 4) is 11.8 Å². The highest BCUT2D eigenvalue weighted by Gasteiger charge is 2.02. The zero-order chi connectivity index (χ0) is 12.8. The lowest BCUT2D eigenvalue weighted by Crippen LogP contribution is -1.95. The number of benzene rings is 1. The first-order chi connectivity index (χ1) is 8.00. The van der Waals surface area contributed by atoms with Crippen molar-refractivity contribution in [2.45, 2.75) is 20.3 Å². The van der Waals surface area contributed by atoms with Gasteiger partial charge in [-0.15, -0.1) is 0 Å². The van der Waals surface area contributed by atoms with Gasteiger partial charge in [0.25, 0.3) is 0 Å². The second kappa shape index (κ2) is 6.31. The fourth-order valence-electron chi connectivity index (χ4n) is 1.26. The van der Waals surface area contributed by atoms with Gasteiger partial charge < -0.3 is 5.73 Å². The summed E-state index contributed by atoms with van der Waals surface area (Å²) in [5, 5.41) is 0.0768. The molecule has 0 radical (unpaired) electrons. The molecule has 0 aliphatic heterocycles. The zero-order valence-corrected chi connectivity index (χ0v) is 10.7. The van der Waals surface area contributed by atoms with Crippen molar-refractivity contribution < 1.29 is 9.18 Å². The molecule has 0 bridgehead atoms. The van der Waals surface area contributed by atoms with Gasteiger partial charge in [-0.05, 0) is 24.6 Å². The molecule has 0 aliphatic carbocycles. The van der Waals surface area contributed by atoms with Gasteiger partial charge in [-0.1, -0.05) is 23.6 Å². The van der Waals surface area contributed by atoms with Gasteiger partial charge in [-0.2, -0.15) is 0 Å². The van der Waals surface area contributed by atoms with Crippen LogP contribution in [0.1, 0.15) is 24.5 Å². The third-order valence-corrected chi connectivity index (χ3v) is 2.92. The molecule has 0 fully saturated rings. The van der Waals surface area contributed by atoms with Crippen LogP contribution < -0.4 is 5.73 Å². The maximum absolute atomic E-state index is 13.1. The molecule has 0 aromatic heterocycles. The number of rotatable bonds is 2. The van der Waals surface area contributed by atoms with Crippen LogP contribution in [0.3, 0.4) is 0 Å². The van der Waals surface area contributed by atoms with E-state index < -0.39 is 0 Å². The van der Waals surface area contributed by atoms with E-state index in [2.05, 4.69) is 11.8 Å². The molecule has 90 valence electrons. The van der Waals surface area contributed by atoms with Crippen molar-refractivity contribution in [1.82, 2.24) is 0 Å². The van der Waals surface area contributed by atoms with Crippen LogP contribution in [0.5, 0.6) is 0 Å². The predicted molar refractivity (Wildman–Crippen MR) is 70.2 cm³/mol. The molecule has 1 aromatic carbocycles. The first-order valence-electron chi connectivity index (χ1n) is 5.18. The lowest BCUT2D eigenvalue weighted by molar-refractivity contribution is -0.109. The van der Waals surface area contributed by atoms with Crippen LogP contribution in [-0.2, 0) is 4.79 Å². The van der Waals surface area contributed by atoms with Crippen LogP contribution in [0.4, 0.5) is 10.1 Å². The van der Waals surface area contributed by atoms with Crippen molar-refractivity contribution >= 4 is 22.6 Å². The van der Waals surface area contributed by atoms with Crippen LogP contribution in [-0.4, -0.2) is 10.9 Å². The molecule has 0 saturated carbocycles. The lowest BCUT2D eigenvalue weighted by atomic mass is 10.1. The van der Waals surface area contributed by atoms with E-state index in [1.54, 1.807) is 6.92 Å². The number of hydrogen-bond donors (Lipinski definition) is 1. The quantitative estimate of drug-likeness (QED) is 0.499. The number of carbonyl (C=O) groups is 1. The molecule has 0 saturated heterocycles. The molecule has 0 spiro atoms. The third-order valence-electron chi connectivity index (χ3n) is 2.11. The Kier molecular flexibility index (Phi) is 5.05. The van der Waals surface area contributed by atoms with Crippen LogP contribution >= 0.6 is 11.8 Å². The van der Waals surface area contributed by atoms with Gasteiger partial charge in [-0.25, -0.2) is 4.39 Å². The maximum Gasteiger partial charge on any atom is 0.185 e. The fraction of sp³-hybridized carbons (Fsp3) is 0.308. The minimum atomic E-state index is -0.334. The molecular formula is C13H14FNOS. The minimum Gasteiger partial charge on any atom is -0.397 e. The van der Waals surface area contributed by atoms with E-state index in [0.29, 0.717) is 29.0 Å². The Morgan fingerprint density at radius 1 is 1.53 bits per heavy atom. The summed E-state index contributed by atoms with van der Waals surface area (Å²) in [5.41, 5.74) is 7.50. The highest BCUT2D eigenvalue weighted by molar-refractivity contribution is 8.13. The molecule has 0 heterocycles. The van der Waals surface area contributed by atoms with E-state index in [0.717, 1.165) is 0 Å². The largest absolute Gasteiger partial charge is 0.397 e. The van der Waals surface area contributed by atoms with Crippen LogP contribution in [0.2, 0.25) is 0 Å². The molecule has 1 rings (SSSR count). The number of nitrogen functional groups attached to an aromatic ring is 1. The molecular weight excluding hydrogens is 237 g/mol. The molecule has 0 unspecified atom stereocenters. The van der Waals surface area contributed by atoms with Gasteiger partial charge in [0.2, 0.25) is 0 Å². The Labute approximate surface area is 105 Å². The summed E-state index contributed by atoms with van der Waals surface area (Å²) in [6, 6.07) is 2.71. The number of hydrogen-bond acceptors (Lipinski definition) is 3. The van der Waals surface area contributed by atoms with E-state index in [-0.39, 0.29) is 10.9 Å². The summed E-state index contributed by atoms with van der Waals surface area (Å²) in [6.45, 7) is 3.27. The second-order valence-electron chi connectivity index (χ2n) is 3.58. The summed E-state index contributed by atoms with van der Waals surface area (Å²) in [5.74, 6) is 6.03. The smallest absolute Gasteiger partial charge is 0.185 e. The molecule has 4 heteroatoms. The van der Waals surface area contributed by atoms with E-state index in [4.69, 9.17) is 5.73 Å². The van der Waals surface area contributed by atoms with Crippen LogP contribution in [0.25, 0.3) is 0 Å². The van der Waals surface area contributed by atoms with E-state index >= 15 is 0 Å². The van der Waals surface area contributed by atoms with Crippen molar-refractivity contribution in [1.29, 1.82) is 0 Å². The normalized spacial score (nSPS) is 9.59. The predicted octanol–water partition coefficient (Wildman–Crippen LogP) is 2.74. The van der Waals surface area contributed by atoms with E-state index in [1.807, 2.05) is 0 Å². The Morgan fingerprint density at radius 2 is 2.24 bits per heavy atom. The number of aryl methyl sites for hydroxylation is 1. The second-order valence-corrected chi connectivity index (χ2v) is 4.85. The lowest BCUT2D eigenvalue weighted by Gasteiger charge is -2.02. The van der Waals surface area contributed by atoms with Crippen LogP contribution in [0, 0.1) is 24.6 Å². The Bertz CT molecular complexity index is 488. The van der Waals surface area contributed by atoms with Crippen molar-refractivity contribution in [2.75, 3.05) is 11.5 Å². The molecule has 1 aromatic rings. The Morgan fingerprint density at radius 3 is 2.88 bits per heavy atom. The minimum absolute atomic E-state index is 0.0768. The van der Waals surface area contributed by atoms with Gasteiger partial charge in [-0.3, -0.25) is 4.79 Å². The maximum atomic E-state index is 13.1. The van der Waals surface area contributed by atoms with Gasteiger partial charge >= 0.3 is 0 Å². The molecule has 2 N–H and O–H groups in total. The first-order valence-corrected chi connectivity index (χ1v) is 6.17. The standard InChI is InChI=1S/C13H14FNOS/c1-9-7-12(14)8-11(13(9)15)5-3-4-6-17-10(2)16/h7-8H,4,6,15H2,1-2H3. The zero-order valence-electron chi connectivity index (χ0n) is 9.84. The Balaban J connectivity index is 2.68. The topological polar surface area (TPSA) is 43.1 Å². The van der Waals surface area contributed by atoms with Crippen LogP contribution in [0.15, 0.2) is 12.1 Å². The number of thioether (sulfide) groups is 1. The van der Waals surface area contributed by atoms with Crippen molar-refractivity contribution in [3.05, 3.63) is 29.1 Å². The highest BCUT2D eigenvalue weighted by atomic mass is 32.2. The molecule has 0 aliphatic rings. The summed E-state index contributed by atoms with van der Waals surface area (Å²) in [4.78, 5) is 10.7. The van der Waals surface area contributed by atoms with Gasteiger partial charge in [0.05, 0.1) is 11.3 Å². The SMILES string of the molecule is CC(=O)SCCC#Cc1cc(F)cc(C)c1N. The molecule has 0 atom stereocenters. The number of carbonyl (C=O) groups excluding carboxylic acids is 1. The molecule has 0 amide bonds. The number of halogens is 1. The summed E-state index contributed by atoms with van der Waals surface area (Å²) < 4.78 is 13.1.